The monoisotopic (exact) mass is 339 g/mol. The summed E-state index contributed by atoms with van der Waals surface area (Å²) >= 11 is 0. The lowest BCUT2D eigenvalue weighted by molar-refractivity contribution is 0.127. The molecule has 1 unspecified atom stereocenters. The van der Waals surface area contributed by atoms with E-state index >= 15 is 0 Å². The number of fused-ring (bicyclic) bond motifs is 1. The minimum atomic E-state index is 0.102. The fraction of sp³-hybridized carbons (Fsp3) is 0.368. The Hall–Kier alpha value is -2.44. The molecule has 1 aliphatic rings. The Kier molecular flexibility index (Phi) is 4.63. The molecule has 25 heavy (non-hydrogen) atoms. The molecule has 0 aliphatic heterocycles. The number of rotatable bonds is 6. The van der Waals surface area contributed by atoms with Crippen LogP contribution in [0.1, 0.15) is 35.8 Å². The van der Waals surface area contributed by atoms with Crippen LogP contribution in [-0.2, 0) is 13.0 Å². The summed E-state index contributed by atoms with van der Waals surface area (Å²) in [6.45, 7) is 1.22. The first-order valence-electron chi connectivity index (χ1n) is 8.63. The number of aliphatic hydroxyl groups is 1. The molecule has 130 valence electrons. The van der Waals surface area contributed by atoms with Crippen molar-refractivity contribution >= 4 is 0 Å². The average molecular weight is 339 g/mol. The van der Waals surface area contributed by atoms with Crippen LogP contribution in [0.5, 0.6) is 0 Å². The molecule has 1 N–H and O–H groups in total. The van der Waals surface area contributed by atoms with E-state index in [1.807, 2.05) is 0 Å². The first-order chi connectivity index (χ1) is 12.3. The highest BCUT2D eigenvalue weighted by Crippen LogP contribution is 2.34. The number of furan rings is 1. The lowest BCUT2D eigenvalue weighted by atomic mass is 9.87. The van der Waals surface area contributed by atoms with Gasteiger partial charge in [0.05, 0.1) is 25.0 Å². The molecule has 0 saturated heterocycles. The van der Waals surface area contributed by atoms with Crippen molar-refractivity contribution in [1.29, 1.82) is 0 Å². The SMILES string of the molecule is OCCN(Cc1noc(-c2ccoc2)n1)C1CCCc2ccccc21. The standard InChI is InChI=1S/C19H21N3O3/c23-10-9-22(17-7-3-5-14-4-1-2-6-16(14)17)12-18-20-19(25-21-18)15-8-11-24-13-15/h1-2,4,6,8,11,13,17,23H,3,5,7,9-10,12H2. The topological polar surface area (TPSA) is 75.5 Å². The van der Waals surface area contributed by atoms with Crippen LogP contribution < -0.4 is 0 Å². The van der Waals surface area contributed by atoms with Gasteiger partial charge in [0.2, 0.25) is 0 Å². The number of aromatic nitrogens is 2. The van der Waals surface area contributed by atoms with Gasteiger partial charge in [0.1, 0.15) is 6.26 Å². The zero-order valence-corrected chi connectivity index (χ0v) is 14.0. The van der Waals surface area contributed by atoms with Gasteiger partial charge in [-0.1, -0.05) is 29.4 Å². The molecule has 0 saturated carbocycles. The summed E-state index contributed by atoms with van der Waals surface area (Å²) in [6.07, 6.45) is 6.50. The Morgan fingerprint density at radius 1 is 1.24 bits per heavy atom. The molecular weight excluding hydrogens is 318 g/mol. The largest absolute Gasteiger partial charge is 0.472 e. The highest BCUT2D eigenvalue weighted by molar-refractivity contribution is 5.49. The van der Waals surface area contributed by atoms with Crippen LogP contribution in [0.25, 0.3) is 11.5 Å². The molecule has 1 atom stereocenters. The first kappa shape index (κ1) is 16.1. The number of aryl methyl sites for hydroxylation is 1. The third kappa shape index (κ3) is 3.36. The first-order valence-corrected chi connectivity index (χ1v) is 8.63. The van der Waals surface area contributed by atoms with Crippen LogP contribution >= 0.6 is 0 Å². The van der Waals surface area contributed by atoms with E-state index in [0.717, 1.165) is 24.8 Å². The van der Waals surface area contributed by atoms with Crippen molar-refractivity contribution in [1.82, 2.24) is 15.0 Å². The van der Waals surface area contributed by atoms with E-state index in [1.165, 1.54) is 11.1 Å². The Bertz CT molecular complexity index is 813. The van der Waals surface area contributed by atoms with Crippen LogP contribution in [0, 0.1) is 0 Å². The molecule has 0 spiro atoms. The summed E-state index contributed by atoms with van der Waals surface area (Å²) in [5.74, 6) is 1.07. The molecule has 0 bridgehead atoms. The van der Waals surface area contributed by atoms with Gasteiger partial charge < -0.3 is 14.0 Å². The highest BCUT2D eigenvalue weighted by atomic mass is 16.5. The van der Waals surface area contributed by atoms with E-state index in [9.17, 15) is 5.11 Å². The second kappa shape index (κ2) is 7.21. The van der Waals surface area contributed by atoms with Crippen molar-refractivity contribution < 1.29 is 14.0 Å². The Morgan fingerprint density at radius 3 is 3.00 bits per heavy atom. The van der Waals surface area contributed by atoms with Crippen molar-refractivity contribution in [3.05, 3.63) is 59.8 Å². The van der Waals surface area contributed by atoms with Crippen molar-refractivity contribution in [2.45, 2.75) is 31.8 Å². The minimum absolute atomic E-state index is 0.102. The summed E-state index contributed by atoms with van der Waals surface area (Å²) in [5, 5.41) is 13.6. The van der Waals surface area contributed by atoms with Crippen molar-refractivity contribution in [2.75, 3.05) is 13.2 Å². The third-order valence-electron chi connectivity index (χ3n) is 4.75. The Morgan fingerprint density at radius 2 is 2.16 bits per heavy atom. The second-order valence-corrected chi connectivity index (χ2v) is 6.33. The summed E-state index contributed by atoms with van der Waals surface area (Å²) in [7, 11) is 0. The van der Waals surface area contributed by atoms with E-state index in [0.29, 0.717) is 24.8 Å². The molecule has 3 aromatic rings. The van der Waals surface area contributed by atoms with E-state index in [-0.39, 0.29) is 12.6 Å². The second-order valence-electron chi connectivity index (χ2n) is 6.33. The van der Waals surface area contributed by atoms with Gasteiger partial charge in [-0.2, -0.15) is 4.98 Å². The Labute approximate surface area is 146 Å². The van der Waals surface area contributed by atoms with Gasteiger partial charge in [-0.25, -0.2) is 0 Å². The predicted octanol–water partition coefficient (Wildman–Crippen LogP) is 3.20. The van der Waals surface area contributed by atoms with Crippen LogP contribution in [0.15, 0.2) is 51.8 Å². The van der Waals surface area contributed by atoms with E-state index in [4.69, 9.17) is 8.94 Å². The van der Waals surface area contributed by atoms with E-state index < -0.39 is 0 Å². The maximum absolute atomic E-state index is 9.53. The molecule has 0 radical (unpaired) electrons. The zero-order valence-electron chi connectivity index (χ0n) is 14.0. The zero-order chi connectivity index (χ0) is 17.1. The molecule has 4 rings (SSSR count). The summed E-state index contributed by atoms with van der Waals surface area (Å²) in [4.78, 5) is 6.70. The van der Waals surface area contributed by atoms with Gasteiger partial charge in [0.25, 0.3) is 5.89 Å². The Balaban J connectivity index is 1.56. The minimum Gasteiger partial charge on any atom is -0.472 e. The quantitative estimate of drug-likeness (QED) is 0.743. The molecule has 0 amide bonds. The van der Waals surface area contributed by atoms with Gasteiger partial charge in [0.15, 0.2) is 5.82 Å². The van der Waals surface area contributed by atoms with Gasteiger partial charge in [0, 0.05) is 12.6 Å². The summed E-state index contributed by atoms with van der Waals surface area (Å²) in [6, 6.07) is 10.6. The molecule has 6 heteroatoms. The average Bonchev–Trinajstić information content (AvgIpc) is 3.32. The molecular formula is C19H21N3O3. The fourth-order valence-electron chi connectivity index (χ4n) is 3.58. The lowest BCUT2D eigenvalue weighted by Crippen LogP contribution is -2.33. The molecule has 1 aliphatic carbocycles. The van der Waals surface area contributed by atoms with Gasteiger partial charge in [-0.3, -0.25) is 4.90 Å². The van der Waals surface area contributed by atoms with Crippen molar-refractivity contribution in [2.24, 2.45) is 0 Å². The van der Waals surface area contributed by atoms with Crippen LogP contribution in [0.4, 0.5) is 0 Å². The molecule has 2 aromatic heterocycles. The van der Waals surface area contributed by atoms with Crippen LogP contribution in [-0.4, -0.2) is 33.3 Å². The summed E-state index contributed by atoms with van der Waals surface area (Å²) in [5.41, 5.74) is 3.52. The van der Waals surface area contributed by atoms with E-state index in [2.05, 4.69) is 39.3 Å². The van der Waals surface area contributed by atoms with Crippen molar-refractivity contribution in [3.63, 3.8) is 0 Å². The van der Waals surface area contributed by atoms with Gasteiger partial charge in [-0.15, -0.1) is 0 Å². The van der Waals surface area contributed by atoms with Gasteiger partial charge >= 0.3 is 0 Å². The molecule has 1 aromatic carbocycles. The number of benzene rings is 1. The molecule has 6 nitrogen and oxygen atoms in total. The number of hydrogen-bond donors (Lipinski definition) is 1. The van der Waals surface area contributed by atoms with Crippen molar-refractivity contribution in [3.8, 4) is 11.5 Å². The number of hydrogen-bond acceptors (Lipinski definition) is 6. The third-order valence-corrected chi connectivity index (χ3v) is 4.75. The van der Waals surface area contributed by atoms with Gasteiger partial charge in [-0.05, 0) is 36.5 Å². The lowest BCUT2D eigenvalue weighted by Gasteiger charge is -2.34. The smallest absolute Gasteiger partial charge is 0.261 e. The molecule has 2 heterocycles. The highest BCUT2D eigenvalue weighted by Gasteiger charge is 2.26. The number of nitrogens with zero attached hydrogens (tertiary/aromatic N) is 3. The van der Waals surface area contributed by atoms with E-state index in [1.54, 1.807) is 18.6 Å². The van der Waals surface area contributed by atoms with Crippen LogP contribution in [0.3, 0.4) is 0 Å². The normalized spacial score (nSPS) is 17.0. The maximum atomic E-state index is 9.53. The fourth-order valence-corrected chi connectivity index (χ4v) is 3.58. The van der Waals surface area contributed by atoms with Crippen LogP contribution in [0.2, 0.25) is 0 Å². The summed E-state index contributed by atoms with van der Waals surface area (Å²) < 4.78 is 10.4. The number of aliphatic hydroxyl groups excluding tert-OH is 1. The predicted molar refractivity (Wildman–Crippen MR) is 91.6 cm³/mol. The maximum Gasteiger partial charge on any atom is 0.261 e. The molecule has 0 fully saturated rings.